The summed E-state index contributed by atoms with van der Waals surface area (Å²) in [4.78, 5) is 7.75. The molecule has 0 aliphatic rings. The fraction of sp³-hybridized carbons (Fsp3) is 0.333. The second-order valence-corrected chi connectivity index (χ2v) is 2.51. The van der Waals surface area contributed by atoms with Crippen LogP contribution in [0.1, 0.15) is 11.4 Å². The average Bonchev–Trinajstić information content (AvgIpc) is 2.03. The zero-order valence-electron chi connectivity index (χ0n) is 5.72. The third kappa shape index (κ3) is 2.20. The van der Waals surface area contributed by atoms with Gasteiger partial charge < -0.3 is 5.73 Å². The third-order valence-corrected chi connectivity index (χ3v) is 1.67. The average molecular weight is 192 g/mol. The normalized spacial score (nSPS) is 10.0. The zero-order valence-corrected chi connectivity index (χ0v) is 7.23. The molecule has 0 saturated heterocycles. The van der Waals surface area contributed by atoms with E-state index in [9.17, 15) is 0 Å². The Morgan fingerprint density at radius 1 is 1.18 bits per heavy atom. The summed E-state index contributed by atoms with van der Waals surface area (Å²) in [5.74, 6) is 0.881. The van der Waals surface area contributed by atoms with Crippen molar-refractivity contribution in [2.24, 2.45) is 0 Å². The van der Waals surface area contributed by atoms with Gasteiger partial charge in [0.2, 0.25) is 5.95 Å². The van der Waals surface area contributed by atoms with Crippen LogP contribution in [0, 0.1) is 0 Å². The molecule has 0 saturated carbocycles. The molecule has 0 unspecified atom stereocenters. The molecule has 60 valence electrons. The molecule has 0 aromatic carbocycles. The van der Waals surface area contributed by atoms with Crippen molar-refractivity contribution < 1.29 is 0 Å². The lowest BCUT2D eigenvalue weighted by Crippen LogP contribution is -2.00. The van der Waals surface area contributed by atoms with Crippen LogP contribution in [0.5, 0.6) is 0 Å². The Kier molecular flexibility index (Phi) is 2.91. The number of hydrogen-bond donors (Lipinski definition) is 1. The summed E-state index contributed by atoms with van der Waals surface area (Å²) in [6.07, 6.45) is 0. The van der Waals surface area contributed by atoms with Gasteiger partial charge in [-0.1, -0.05) is 0 Å². The minimum absolute atomic E-state index is 0.221. The fourth-order valence-corrected chi connectivity index (χ4v) is 0.987. The molecule has 5 heteroatoms. The molecule has 0 bridgehead atoms. The van der Waals surface area contributed by atoms with Gasteiger partial charge in [0.15, 0.2) is 0 Å². The van der Waals surface area contributed by atoms with E-state index in [1.807, 2.05) is 0 Å². The van der Waals surface area contributed by atoms with E-state index in [1.54, 1.807) is 6.07 Å². The first kappa shape index (κ1) is 8.56. The maximum atomic E-state index is 5.54. The van der Waals surface area contributed by atoms with Crippen molar-refractivity contribution >= 4 is 29.2 Å². The summed E-state index contributed by atoms with van der Waals surface area (Å²) in [6.45, 7) is 0. The Morgan fingerprint density at radius 2 is 1.64 bits per heavy atom. The summed E-state index contributed by atoms with van der Waals surface area (Å²) in [5.41, 5.74) is 6.78. The summed E-state index contributed by atoms with van der Waals surface area (Å²) < 4.78 is 0. The molecule has 11 heavy (non-hydrogen) atoms. The van der Waals surface area contributed by atoms with Crippen LogP contribution in [0.25, 0.3) is 0 Å². The van der Waals surface area contributed by atoms with Gasteiger partial charge in [-0.3, -0.25) is 0 Å². The molecule has 1 rings (SSSR count). The SMILES string of the molecule is Nc1nc(CCl)cc(CCl)n1. The van der Waals surface area contributed by atoms with Crippen molar-refractivity contribution in [1.82, 2.24) is 9.97 Å². The summed E-state index contributed by atoms with van der Waals surface area (Å²) in [7, 11) is 0. The van der Waals surface area contributed by atoms with Crippen molar-refractivity contribution in [3.63, 3.8) is 0 Å². The predicted octanol–water partition coefficient (Wildman–Crippen LogP) is 1.54. The quantitative estimate of drug-likeness (QED) is 0.723. The number of hydrogen-bond acceptors (Lipinski definition) is 3. The molecular weight excluding hydrogens is 185 g/mol. The highest BCUT2D eigenvalue weighted by atomic mass is 35.5. The van der Waals surface area contributed by atoms with E-state index in [4.69, 9.17) is 28.9 Å². The van der Waals surface area contributed by atoms with Crippen molar-refractivity contribution in [2.75, 3.05) is 5.73 Å². The van der Waals surface area contributed by atoms with Gasteiger partial charge in [0, 0.05) is 0 Å². The Morgan fingerprint density at radius 3 is 2.00 bits per heavy atom. The number of nitrogens with two attached hydrogens (primary N) is 1. The summed E-state index contributed by atoms with van der Waals surface area (Å²) >= 11 is 11.1. The Hall–Kier alpha value is -0.540. The number of rotatable bonds is 2. The minimum Gasteiger partial charge on any atom is -0.368 e. The van der Waals surface area contributed by atoms with Gasteiger partial charge in [-0.2, -0.15) is 0 Å². The third-order valence-electron chi connectivity index (χ3n) is 1.12. The van der Waals surface area contributed by atoms with Gasteiger partial charge in [0.25, 0.3) is 0 Å². The number of alkyl halides is 2. The zero-order chi connectivity index (χ0) is 8.27. The van der Waals surface area contributed by atoms with Gasteiger partial charge in [0.1, 0.15) is 0 Å². The van der Waals surface area contributed by atoms with Crippen LogP contribution >= 0.6 is 23.2 Å². The molecule has 1 aromatic heterocycles. The van der Waals surface area contributed by atoms with Gasteiger partial charge in [-0.05, 0) is 6.07 Å². The number of nitrogens with zero attached hydrogens (tertiary/aromatic N) is 2. The highest BCUT2D eigenvalue weighted by molar-refractivity contribution is 6.17. The van der Waals surface area contributed by atoms with E-state index >= 15 is 0 Å². The van der Waals surface area contributed by atoms with Crippen molar-refractivity contribution in [1.29, 1.82) is 0 Å². The maximum absolute atomic E-state index is 5.54. The molecule has 2 N–H and O–H groups in total. The first-order valence-electron chi connectivity index (χ1n) is 3.00. The van der Waals surface area contributed by atoms with Crippen LogP contribution in [0.4, 0.5) is 5.95 Å². The molecular formula is C6H7Cl2N3. The van der Waals surface area contributed by atoms with E-state index in [2.05, 4.69) is 9.97 Å². The second-order valence-electron chi connectivity index (χ2n) is 1.98. The lowest BCUT2D eigenvalue weighted by atomic mass is 10.3. The standard InChI is InChI=1S/C6H7Cl2N3/c7-2-4-1-5(3-8)11-6(9)10-4/h1H,2-3H2,(H2,9,10,11). The predicted molar refractivity (Wildman–Crippen MR) is 45.6 cm³/mol. The van der Waals surface area contributed by atoms with Gasteiger partial charge in [-0.25, -0.2) is 9.97 Å². The van der Waals surface area contributed by atoms with Gasteiger partial charge in [-0.15, -0.1) is 23.2 Å². The molecule has 0 spiro atoms. The molecule has 0 radical (unpaired) electrons. The summed E-state index contributed by atoms with van der Waals surface area (Å²) in [6, 6.07) is 1.73. The fourth-order valence-electron chi connectivity index (χ4n) is 0.713. The molecule has 0 atom stereocenters. The highest BCUT2D eigenvalue weighted by Crippen LogP contribution is 2.07. The topological polar surface area (TPSA) is 51.8 Å². The van der Waals surface area contributed by atoms with Crippen LogP contribution in [-0.4, -0.2) is 9.97 Å². The van der Waals surface area contributed by atoms with E-state index in [1.165, 1.54) is 0 Å². The van der Waals surface area contributed by atoms with E-state index in [-0.39, 0.29) is 5.95 Å². The molecule has 1 heterocycles. The van der Waals surface area contributed by atoms with Gasteiger partial charge in [0.05, 0.1) is 23.1 Å². The lowest BCUT2D eigenvalue weighted by Gasteiger charge is -1.99. The molecule has 3 nitrogen and oxygen atoms in total. The van der Waals surface area contributed by atoms with E-state index in [0.29, 0.717) is 23.1 Å². The number of halogens is 2. The highest BCUT2D eigenvalue weighted by Gasteiger charge is 1.99. The van der Waals surface area contributed by atoms with Crippen LogP contribution in [0.3, 0.4) is 0 Å². The Labute approximate surface area is 74.5 Å². The van der Waals surface area contributed by atoms with Crippen LogP contribution < -0.4 is 5.73 Å². The Bertz CT molecular complexity index is 229. The molecule has 0 fully saturated rings. The van der Waals surface area contributed by atoms with Crippen LogP contribution in [-0.2, 0) is 11.8 Å². The maximum Gasteiger partial charge on any atom is 0.220 e. The van der Waals surface area contributed by atoms with Crippen molar-refractivity contribution in [3.05, 3.63) is 17.5 Å². The number of nitrogen functional groups attached to an aromatic ring is 1. The first-order valence-corrected chi connectivity index (χ1v) is 4.07. The van der Waals surface area contributed by atoms with Crippen molar-refractivity contribution in [2.45, 2.75) is 11.8 Å². The number of aromatic nitrogens is 2. The molecule has 1 aromatic rings. The number of anilines is 1. The summed E-state index contributed by atoms with van der Waals surface area (Å²) in [5, 5.41) is 0. The van der Waals surface area contributed by atoms with Gasteiger partial charge >= 0.3 is 0 Å². The van der Waals surface area contributed by atoms with Crippen molar-refractivity contribution in [3.8, 4) is 0 Å². The van der Waals surface area contributed by atoms with E-state index in [0.717, 1.165) is 0 Å². The Balaban J connectivity index is 3.02. The molecule has 0 aliphatic heterocycles. The second kappa shape index (κ2) is 3.74. The van der Waals surface area contributed by atoms with Crippen LogP contribution in [0.15, 0.2) is 6.07 Å². The molecule has 0 aliphatic carbocycles. The smallest absolute Gasteiger partial charge is 0.220 e. The minimum atomic E-state index is 0.221. The molecule has 0 amide bonds. The lowest BCUT2D eigenvalue weighted by molar-refractivity contribution is 1.04. The first-order chi connectivity index (χ1) is 5.26. The van der Waals surface area contributed by atoms with Crippen LogP contribution in [0.2, 0.25) is 0 Å². The van der Waals surface area contributed by atoms with E-state index < -0.39 is 0 Å². The monoisotopic (exact) mass is 191 g/mol. The largest absolute Gasteiger partial charge is 0.368 e.